The highest BCUT2D eigenvalue weighted by molar-refractivity contribution is 5.83. The lowest BCUT2D eigenvalue weighted by atomic mass is 9.47. The van der Waals surface area contributed by atoms with E-state index in [2.05, 4.69) is 0 Å². The number of hydrogen-bond acceptors (Lipinski definition) is 4. The van der Waals surface area contributed by atoms with Crippen molar-refractivity contribution in [1.82, 2.24) is 0 Å². The van der Waals surface area contributed by atoms with E-state index in [0.717, 1.165) is 24.7 Å². The van der Waals surface area contributed by atoms with Crippen LogP contribution in [0.3, 0.4) is 0 Å². The van der Waals surface area contributed by atoms with Gasteiger partial charge >= 0.3 is 11.9 Å². The molecule has 4 bridgehead atoms. The molecule has 0 aliphatic heterocycles. The number of fused-ring (bicyclic) bond motifs is 4. The third-order valence-electron chi connectivity index (χ3n) is 7.13. The van der Waals surface area contributed by atoms with Crippen LogP contribution < -0.4 is 0 Å². The number of carbonyl (C=O) groups excluding carboxylic acids is 2. The number of methoxy groups -OCH3 is 2. The third-order valence-corrected chi connectivity index (χ3v) is 7.13. The van der Waals surface area contributed by atoms with Crippen LogP contribution in [0.2, 0.25) is 0 Å². The van der Waals surface area contributed by atoms with Gasteiger partial charge in [0.1, 0.15) is 0 Å². The summed E-state index contributed by atoms with van der Waals surface area (Å²) in [5.74, 6) is 2.67. The van der Waals surface area contributed by atoms with Crippen LogP contribution >= 0.6 is 0 Å². The number of esters is 2. The second-order valence-electron chi connectivity index (χ2n) is 7.49. The van der Waals surface area contributed by atoms with Crippen molar-refractivity contribution in [3.63, 3.8) is 0 Å². The molecule has 8 atom stereocenters. The minimum atomic E-state index is -0.262. The van der Waals surface area contributed by atoms with E-state index in [9.17, 15) is 9.59 Å². The summed E-state index contributed by atoms with van der Waals surface area (Å²) in [6.07, 6.45) is 6.15. The molecule has 21 heavy (non-hydrogen) atoms. The Labute approximate surface area is 125 Å². The van der Waals surface area contributed by atoms with E-state index in [4.69, 9.17) is 9.47 Å². The normalized spacial score (nSPS) is 49.8. The van der Waals surface area contributed by atoms with Crippen molar-refractivity contribution in [3.05, 3.63) is 0 Å². The zero-order valence-corrected chi connectivity index (χ0v) is 12.8. The van der Waals surface area contributed by atoms with Crippen LogP contribution in [0.25, 0.3) is 0 Å². The maximum atomic E-state index is 12.4. The average Bonchev–Trinajstić information content (AvgIpc) is 3.15. The molecule has 0 radical (unpaired) electrons. The quantitative estimate of drug-likeness (QED) is 0.733. The predicted octanol–water partition coefficient (Wildman–Crippen LogP) is 2.27. The molecule has 4 nitrogen and oxygen atoms in total. The third kappa shape index (κ3) is 1.68. The maximum Gasteiger partial charge on any atom is 0.309 e. The Morgan fingerprint density at radius 2 is 1.19 bits per heavy atom. The average molecular weight is 292 g/mol. The Bertz CT molecular complexity index is 431. The summed E-state index contributed by atoms with van der Waals surface area (Å²) in [6.45, 7) is 0. The van der Waals surface area contributed by atoms with Gasteiger partial charge in [0.05, 0.1) is 26.1 Å². The van der Waals surface area contributed by atoms with Gasteiger partial charge in [-0.1, -0.05) is 0 Å². The van der Waals surface area contributed by atoms with Gasteiger partial charge in [0, 0.05) is 0 Å². The highest BCUT2D eigenvalue weighted by Crippen LogP contribution is 2.67. The van der Waals surface area contributed by atoms with Crippen LogP contribution in [0.1, 0.15) is 32.1 Å². The van der Waals surface area contributed by atoms with Gasteiger partial charge in [0.15, 0.2) is 0 Å². The fraction of sp³-hybridized carbons (Fsp3) is 0.882. The first-order valence-electron chi connectivity index (χ1n) is 8.33. The van der Waals surface area contributed by atoms with E-state index in [1.807, 2.05) is 0 Å². The van der Waals surface area contributed by atoms with Crippen molar-refractivity contribution in [3.8, 4) is 0 Å². The first-order valence-corrected chi connectivity index (χ1v) is 8.33. The lowest BCUT2D eigenvalue weighted by molar-refractivity contribution is -0.182. The second kappa shape index (κ2) is 4.72. The Balaban J connectivity index is 1.73. The van der Waals surface area contributed by atoms with E-state index < -0.39 is 0 Å². The molecule has 5 aliphatic rings. The van der Waals surface area contributed by atoms with Crippen LogP contribution in [-0.4, -0.2) is 26.2 Å². The number of carbonyl (C=O) groups is 2. The minimum Gasteiger partial charge on any atom is -0.469 e. The fourth-order valence-corrected chi connectivity index (χ4v) is 6.71. The van der Waals surface area contributed by atoms with Gasteiger partial charge in [-0.3, -0.25) is 9.59 Å². The Morgan fingerprint density at radius 3 is 1.57 bits per heavy atom. The largest absolute Gasteiger partial charge is 0.469 e. The van der Waals surface area contributed by atoms with Crippen molar-refractivity contribution in [1.29, 1.82) is 0 Å². The van der Waals surface area contributed by atoms with Crippen LogP contribution in [0.15, 0.2) is 0 Å². The van der Waals surface area contributed by atoms with Crippen LogP contribution in [0.4, 0.5) is 0 Å². The van der Waals surface area contributed by atoms with Crippen molar-refractivity contribution >= 4 is 11.9 Å². The number of hydrogen-bond donors (Lipinski definition) is 0. The fourth-order valence-electron chi connectivity index (χ4n) is 6.71. The molecule has 5 aliphatic carbocycles. The topological polar surface area (TPSA) is 52.6 Å². The molecule has 5 fully saturated rings. The Hall–Kier alpha value is -1.06. The van der Waals surface area contributed by atoms with Crippen molar-refractivity contribution in [2.75, 3.05) is 14.2 Å². The summed E-state index contributed by atoms with van der Waals surface area (Å²) in [5.41, 5.74) is 0. The van der Waals surface area contributed by atoms with Crippen LogP contribution in [0.5, 0.6) is 0 Å². The summed E-state index contributed by atoms with van der Waals surface area (Å²) in [5, 5.41) is 0. The molecule has 2 unspecified atom stereocenters. The number of ether oxygens (including phenoxy) is 2. The molecule has 5 rings (SSSR count). The van der Waals surface area contributed by atoms with Crippen molar-refractivity contribution in [2.45, 2.75) is 32.1 Å². The first-order chi connectivity index (χ1) is 10.2. The lowest BCUT2D eigenvalue weighted by Gasteiger charge is -2.56. The molecular weight excluding hydrogens is 268 g/mol. The molecule has 4 heteroatoms. The van der Waals surface area contributed by atoms with Gasteiger partial charge in [-0.2, -0.15) is 0 Å². The summed E-state index contributed by atoms with van der Waals surface area (Å²) in [6, 6.07) is 0. The van der Waals surface area contributed by atoms with Crippen molar-refractivity contribution in [2.24, 2.45) is 47.3 Å². The Morgan fingerprint density at radius 1 is 0.762 bits per heavy atom. The van der Waals surface area contributed by atoms with E-state index >= 15 is 0 Å². The smallest absolute Gasteiger partial charge is 0.309 e. The summed E-state index contributed by atoms with van der Waals surface area (Å²) in [7, 11) is 2.88. The predicted molar refractivity (Wildman–Crippen MR) is 75.0 cm³/mol. The highest BCUT2D eigenvalue weighted by Gasteiger charge is 2.65. The van der Waals surface area contributed by atoms with Gasteiger partial charge < -0.3 is 9.47 Å². The highest BCUT2D eigenvalue weighted by atomic mass is 16.5. The zero-order chi connectivity index (χ0) is 14.7. The van der Waals surface area contributed by atoms with E-state index in [1.165, 1.54) is 33.5 Å². The summed E-state index contributed by atoms with van der Waals surface area (Å²) < 4.78 is 10.1. The van der Waals surface area contributed by atoms with Crippen molar-refractivity contribution < 1.29 is 19.1 Å². The van der Waals surface area contributed by atoms with Crippen LogP contribution in [-0.2, 0) is 19.1 Å². The maximum absolute atomic E-state index is 12.4. The molecule has 0 spiro atoms. The van der Waals surface area contributed by atoms with Gasteiger partial charge in [-0.25, -0.2) is 0 Å². The van der Waals surface area contributed by atoms with Crippen LogP contribution in [0, 0.1) is 47.3 Å². The van der Waals surface area contributed by atoms with E-state index in [0.29, 0.717) is 23.7 Å². The zero-order valence-electron chi connectivity index (χ0n) is 12.8. The standard InChI is InChI=1S/C17H24O4/c1-20-16(18)14-10-5-6-11(15(14)17(19)21-2)13-9-4-3-8(7-9)12(10)13/h8-15H,3-7H2,1-2H3/t8-,9+,10+,11-,12?,13?,14+,15-. The summed E-state index contributed by atoms with van der Waals surface area (Å²) >= 11 is 0. The van der Waals surface area contributed by atoms with Gasteiger partial charge in [0.25, 0.3) is 0 Å². The molecule has 5 saturated carbocycles. The molecule has 0 saturated heterocycles. The SMILES string of the molecule is COC(=O)[C@@H]1[C@H](C(=O)OC)[C@@H]2CC[C@H]1C1C2[C@H]2CC[C@@H]1C2. The van der Waals surface area contributed by atoms with E-state index in [-0.39, 0.29) is 23.8 Å². The van der Waals surface area contributed by atoms with Gasteiger partial charge in [-0.05, 0) is 67.6 Å². The molecule has 0 aromatic rings. The first kappa shape index (κ1) is 13.6. The molecule has 0 aromatic heterocycles. The summed E-state index contributed by atoms with van der Waals surface area (Å²) in [4.78, 5) is 24.7. The molecule has 0 heterocycles. The van der Waals surface area contributed by atoms with E-state index in [1.54, 1.807) is 0 Å². The lowest BCUT2D eigenvalue weighted by Crippen LogP contribution is -2.57. The minimum absolute atomic E-state index is 0.193. The Kier molecular flexibility index (Phi) is 3.05. The second-order valence-corrected chi connectivity index (χ2v) is 7.49. The molecule has 0 N–H and O–H groups in total. The molecule has 116 valence electrons. The molecule has 0 amide bonds. The number of rotatable bonds is 2. The van der Waals surface area contributed by atoms with Gasteiger partial charge in [-0.15, -0.1) is 0 Å². The molecule has 0 aromatic carbocycles. The molecular formula is C17H24O4. The monoisotopic (exact) mass is 292 g/mol. The van der Waals surface area contributed by atoms with Gasteiger partial charge in [0.2, 0.25) is 0 Å².